The molecule has 2 rings (SSSR count). The highest BCUT2D eigenvalue weighted by molar-refractivity contribution is 5.88. The number of carboxylic acids is 2. The predicted molar refractivity (Wildman–Crippen MR) is 91.8 cm³/mol. The van der Waals surface area contributed by atoms with E-state index in [9.17, 15) is 9.59 Å². The van der Waals surface area contributed by atoms with Crippen molar-refractivity contribution >= 4 is 11.9 Å². The highest BCUT2D eigenvalue weighted by atomic mass is 16.7. The number of ether oxygens (including phenoxy) is 4. The van der Waals surface area contributed by atoms with Crippen LogP contribution in [0.5, 0.6) is 11.5 Å². The zero-order valence-corrected chi connectivity index (χ0v) is 14.4. The van der Waals surface area contributed by atoms with Crippen LogP contribution in [-0.2, 0) is 9.47 Å². The van der Waals surface area contributed by atoms with Gasteiger partial charge in [-0.2, -0.15) is 0 Å². The molecule has 0 aromatic heterocycles. The smallest absolute Gasteiger partial charge is 0.335 e. The summed E-state index contributed by atoms with van der Waals surface area (Å²) in [6.07, 6.45) is 0. The summed E-state index contributed by atoms with van der Waals surface area (Å²) in [4.78, 5) is 20.9. The van der Waals surface area contributed by atoms with Gasteiger partial charge in [0, 0.05) is 14.2 Å². The number of methoxy groups -OCH3 is 2. The largest absolute Gasteiger partial charge is 0.478 e. The van der Waals surface area contributed by atoms with Crippen LogP contribution in [0.3, 0.4) is 0 Å². The molecule has 26 heavy (non-hydrogen) atoms. The summed E-state index contributed by atoms with van der Waals surface area (Å²) in [7, 11) is 3.04. The first-order chi connectivity index (χ1) is 12.5. The SMILES string of the molecule is COCOc1ccc(C(=O)O)cc1.COCOc1ccc(C(=O)O)cc1. The molecule has 2 aromatic carbocycles. The van der Waals surface area contributed by atoms with Gasteiger partial charge in [-0.05, 0) is 48.5 Å². The fourth-order valence-corrected chi connectivity index (χ4v) is 1.64. The molecule has 0 heterocycles. The molecule has 0 aliphatic heterocycles. The minimum absolute atomic E-state index is 0.159. The van der Waals surface area contributed by atoms with Crippen molar-refractivity contribution in [2.45, 2.75) is 0 Å². The summed E-state index contributed by atoms with van der Waals surface area (Å²) < 4.78 is 19.5. The molecule has 0 bridgehead atoms. The molecule has 8 nitrogen and oxygen atoms in total. The van der Waals surface area contributed by atoms with Gasteiger partial charge < -0.3 is 29.2 Å². The van der Waals surface area contributed by atoms with E-state index in [1.54, 1.807) is 24.3 Å². The van der Waals surface area contributed by atoms with Gasteiger partial charge in [0.15, 0.2) is 13.6 Å². The highest BCUT2D eigenvalue weighted by Crippen LogP contribution is 2.12. The highest BCUT2D eigenvalue weighted by Gasteiger charge is 2.02. The Bertz CT molecular complexity index is 618. The maximum Gasteiger partial charge on any atom is 0.335 e. The molecule has 0 amide bonds. The number of rotatable bonds is 8. The van der Waals surface area contributed by atoms with Crippen LogP contribution in [0.4, 0.5) is 0 Å². The van der Waals surface area contributed by atoms with E-state index in [4.69, 9.17) is 19.7 Å². The Balaban J connectivity index is 0.000000260. The minimum atomic E-state index is -0.946. The topological polar surface area (TPSA) is 112 Å². The molecule has 2 N–H and O–H groups in total. The van der Waals surface area contributed by atoms with Crippen LogP contribution < -0.4 is 9.47 Å². The lowest BCUT2D eigenvalue weighted by atomic mass is 10.2. The molecule has 0 atom stereocenters. The molecule has 0 aliphatic rings. The van der Waals surface area contributed by atoms with Gasteiger partial charge in [-0.15, -0.1) is 0 Å². The molecule has 0 fully saturated rings. The van der Waals surface area contributed by atoms with E-state index in [1.807, 2.05) is 0 Å². The summed E-state index contributed by atoms with van der Waals surface area (Å²) in [6, 6.07) is 12.3. The van der Waals surface area contributed by atoms with E-state index in [1.165, 1.54) is 38.5 Å². The summed E-state index contributed by atoms with van der Waals surface area (Å²) in [6.45, 7) is 0.318. The van der Waals surface area contributed by atoms with Gasteiger partial charge in [0.25, 0.3) is 0 Å². The second-order valence-corrected chi connectivity index (χ2v) is 4.76. The van der Waals surface area contributed by atoms with Crippen LogP contribution in [0.25, 0.3) is 0 Å². The first-order valence-electron chi connectivity index (χ1n) is 7.38. The van der Waals surface area contributed by atoms with Crippen LogP contribution in [0.2, 0.25) is 0 Å². The van der Waals surface area contributed by atoms with Crippen molar-refractivity contribution in [3.63, 3.8) is 0 Å². The van der Waals surface area contributed by atoms with Crippen molar-refractivity contribution < 1.29 is 38.7 Å². The third-order valence-electron chi connectivity index (χ3n) is 2.89. The summed E-state index contributed by atoms with van der Waals surface area (Å²) in [5.41, 5.74) is 0.481. The average molecular weight is 364 g/mol. The Morgan fingerprint density at radius 3 is 1.23 bits per heavy atom. The van der Waals surface area contributed by atoms with Crippen LogP contribution in [0.1, 0.15) is 20.7 Å². The molecule has 2 aromatic rings. The van der Waals surface area contributed by atoms with E-state index in [0.717, 1.165) is 0 Å². The van der Waals surface area contributed by atoms with Crippen molar-refractivity contribution in [1.29, 1.82) is 0 Å². The number of carboxylic acid groups (broad SMARTS) is 2. The second-order valence-electron chi connectivity index (χ2n) is 4.76. The fourth-order valence-electron chi connectivity index (χ4n) is 1.64. The number of aromatic carboxylic acids is 2. The standard InChI is InChI=1S/2C9H10O4/c2*1-12-6-13-8-4-2-7(3-5-8)9(10)11/h2*2-5H,6H2,1H3,(H,10,11). The molecule has 0 radical (unpaired) electrons. The number of benzene rings is 2. The maximum atomic E-state index is 10.5. The van der Waals surface area contributed by atoms with Gasteiger partial charge in [0.1, 0.15) is 11.5 Å². The molecule has 0 aliphatic carbocycles. The normalized spacial score (nSPS) is 9.62. The number of hydrogen-bond donors (Lipinski definition) is 2. The van der Waals surface area contributed by atoms with E-state index >= 15 is 0 Å². The Morgan fingerprint density at radius 2 is 1.00 bits per heavy atom. The Labute approximate surface area is 150 Å². The monoisotopic (exact) mass is 364 g/mol. The van der Waals surface area contributed by atoms with Crippen molar-refractivity contribution in [2.75, 3.05) is 27.8 Å². The Morgan fingerprint density at radius 1 is 0.692 bits per heavy atom. The van der Waals surface area contributed by atoms with Crippen LogP contribution in [-0.4, -0.2) is 50.0 Å². The first-order valence-corrected chi connectivity index (χ1v) is 7.38. The second kappa shape index (κ2) is 11.5. The van der Waals surface area contributed by atoms with Crippen LogP contribution in [0, 0.1) is 0 Å². The summed E-state index contributed by atoms with van der Waals surface area (Å²) >= 11 is 0. The zero-order chi connectivity index (χ0) is 19.4. The maximum absolute atomic E-state index is 10.5. The molecular formula is C18H20O8. The molecule has 0 saturated carbocycles. The van der Waals surface area contributed by atoms with Crippen molar-refractivity contribution in [3.05, 3.63) is 59.7 Å². The van der Waals surface area contributed by atoms with Crippen LogP contribution in [0.15, 0.2) is 48.5 Å². The Hall–Kier alpha value is -3.10. The number of carbonyl (C=O) groups is 2. The summed E-state index contributed by atoms with van der Waals surface area (Å²) in [5.74, 6) is -0.713. The van der Waals surface area contributed by atoms with Gasteiger partial charge in [-0.3, -0.25) is 0 Å². The molecule has 0 spiro atoms. The van der Waals surface area contributed by atoms with Crippen molar-refractivity contribution in [3.8, 4) is 11.5 Å². The van der Waals surface area contributed by atoms with E-state index < -0.39 is 11.9 Å². The predicted octanol–water partition coefficient (Wildman–Crippen LogP) is 2.74. The average Bonchev–Trinajstić information content (AvgIpc) is 2.66. The van der Waals surface area contributed by atoms with E-state index in [-0.39, 0.29) is 24.7 Å². The minimum Gasteiger partial charge on any atom is -0.478 e. The van der Waals surface area contributed by atoms with Crippen molar-refractivity contribution in [1.82, 2.24) is 0 Å². The van der Waals surface area contributed by atoms with Crippen LogP contribution >= 0.6 is 0 Å². The van der Waals surface area contributed by atoms with Gasteiger partial charge in [-0.1, -0.05) is 0 Å². The van der Waals surface area contributed by atoms with E-state index in [2.05, 4.69) is 9.47 Å². The molecular weight excluding hydrogens is 344 g/mol. The fraction of sp³-hybridized carbons (Fsp3) is 0.222. The number of hydrogen-bond acceptors (Lipinski definition) is 6. The lowest BCUT2D eigenvalue weighted by molar-refractivity contribution is 0.0509. The first kappa shape index (κ1) is 20.9. The molecule has 8 heteroatoms. The van der Waals surface area contributed by atoms with Gasteiger partial charge >= 0.3 is 11.9 Å². The lowest BCUT2D eigenvalue weighted by Crippen LogP contribution is -2.00. The third-order valence-corrected chi connectivity index (χ3v) is 2.89. The lowest BCUT2D eigenvalue weighted by Gasteiger charge is -2.03. The van der Waals surface area contributed by atoms with Gasteiger partial charge in [-0.25, -0.2) is 9.59 Å². The van der Waals surface area contributed by atoms with Gasteiger partial charge in [0.05, 0.1) is 11.1 Å². The molecule has 0 saturated heterocycles. The quantitative estimate of drug-likeness (QED) is 0.688. The molecule has 140 valence electrons. The van der Waals surface area contributed by atoms with E-state index in [0.29, 0.717) is 11.5 Å². The van der Waals surface area contributed by atoms with Gasteiger partial charge in [0.2, 0.25) is 0 Å². The van der Waals surface area contributed by atoms with Crippen molar-refractivity contribution in [2.24, 2.45) is 0 Å². The third kappa shape index (κ3) is 7.65. The molecule has 0 unspecified atom stereocenters. The summed E-state index contributed by atoms with van der Waals surface area (Å²) in [5, 5.41) is 17.2. The zero-order valence-electron chi connectivity index (χ0n) is 14.4. The Kier molecular flexibility index (Phi) is 9.23.